The van der Waals surface area contributed by atoms with Crippen LogP contribution in [0.1, 0.15) is 26.3 Å². The van der Waals surface area contributed by atoms with Crippen LogP contribution < -0.4 is 0 Å². The molecule has 0 bridgehead atoms. The third kappa shape index (κ3) is 3.47. The van der Waals surface area contributed by atoms with E-state index in [2.05, 4.69) is 0 Å². The first kappa shape index (κ1) is 16.5. The number of ether oxygens (including phenoxy) is 1. The average Bonchev–Trinajstić information content (AvgIpc) is 2.86. The fourth-order valence-electron chi connectivity index (χ4n) is 2.71. The third-order valence-corrected chi connectivity index (χ3v) is 4.10. The molecule has 1 N–H and O–H groups in total. The van der Waals surface area contributed by atoms with Crippen LogP contribution >= 0.6 is 0 Å². The predicted molar refractivity (Wildman–Crippen MR) is 82.1 cm³/mol. The van der Waals surface area contributed by atoms with Gasteiger partial charge in [-0.15, -0.1) is 0 Å². The van der Waals surface area contributed by atoms with E-state index in [-0.39, 0.29) is 24.5 Å². The van der Waals surface area contributed by atoms with E-state index in [1.54, 1.807) is 6.92 Å². The second-order valence-electron chi connectivity index (χ2n) is 6.15. The molecule has 1 aliphatic heterocycles. The lowest BCUT2D eigenvalue weighted by molar-refractivity contribution is -0.137. The van der Waals surface area contributed by atoms with Gasteiger partial charge >= 0.3 is 6.09 Å². The van der Waals surface area contributed by atoms with E-state index in [9.17, 15) is 14.7 Å². The Balaban J connectivity index is 2.12. The monoisotopic (exact) mass is 305 g/mol. The van der Waals surface area contributed by atoms with Gasteiger partial charge in [-0.25, -0.2) is 9.69 Å². The Labute approximate surface area is 130 Å². The average molecular weight is 305 g/mol. The van der Waals surface area contributed by atoms with Gasteiger partial charge in [0.15, 0.2) is 0 Å². The van der Waals surface area contributed by atoms with Crippen molar-refractivity contribution in [1.82, 2.24) is 4.90 Å². The molecule has 1 fully saturated rings. The van der Waals surface area contributed by atoms with Crippen molar-refractivity contribution in [3.63, 3.8) is 0 Å². The van der Waals surface area contributed by atoms with Gasteiger partial charge in [-0.3, -0.25) is 4.79 Å². The van der Waals surface area contributed by atoms with Crippen LogP contribution in [0.2, 0.25) is 0 Å². The van der Waals surface area contributed by atoms with E-state index in [0.717, 1.165) is 5.56 Å². The number of carbonyl (C=O) groups is 2. The first-order chi connectivity index (χ1) is 10.4. The molecule has 0 aromatic heterocycles. The molecule has 0 aliphatic carbocycles. The first-order valence-corrected chi connectivity index (χ1v) is 7.63. The Kier molecular flexibility index (Phi) is 5.19. The number of carbonyl (C=O) groups excluding carboxylic acids is 2. The summed E-state index contributed by atoms with van der Waals surface area (Å²) in [6, 6.07) is 9.36. The van der Waals surface area contributed by atoms with E-state index in [1.807, 2.05) is 44.2 Å². The number of rotatable bonds is 5. The van der Waals surface area contributed by atoms with Crippen LogP contribution in [0.25, 0.3) is 0 Å². The molecule has 3 atom stereocenters. The second-order valence-corrected chi connectivity index (χ2v) is 6.15. The van der Waals surface area contributed by atoms with Crippen LogP contribution in [-0.4, -0.2) is 40.8 Å². The van der Waals surface area contributed by atoms with Gasteiger partial charge < -0.3 is 9.84 Å². The number of nitrogens with zero attached hydrogens (tertiary/aromatic N) is 1. The molecule has 22 heavy (non-hydrogen) atoms. The third-order valence-electron chi connectivity index (χ3n) is 4.10. The molecular formula is C17H23NO4. The van der Waals surface area contributed by atoms with Crippen molar-refractivity contribution in [2.75, 3.05) is 6.61 Å². The maximum atomic E-state index is 12.6. The Morgan fingerprint density at radius 2 is 1.95 bits per heavy atom. The Morgan fingerprint density at radius 3 is 2.55 bits per heavy atom. The fraction of sp³-hybridized carbons (Fsp3) is 0.529. The van der Waals surface area contributed by atoms with E-state index >= 15 is 0 Å². The lowest BCUT2D eigenvalue weighted by atomic mass is 9.93. The minimum atomic E-state index is -0.779. The van der Waals surface area contributed by atoms with Gasteiger partial charge in [0.05, 0.1) is 18.1 Å². The van der Waals surface area contributed by atoms with Crippen LogP contribution in [-0.2, 0) is 16.0 Å². The van der Waals surface area contributed by atoms with Crippen LogP contribution in [0.3, 0.4) is 0 Å². The van der Waals surface area contributed by atoms with E-state index in [0.29, 0.717) is 6.42 Å². The Bertz CT molecular complexity index is 529. The number of benzene rings is 1. The number of hydrogen-bond acceptors (Lipinski definition) is 4. The number of amides is 2. The summed E-state index contributed by atoms with van der Waals surface area (Å²) in [6.07, 6.45) is -0.838. The topological polar surface area (TPSA) is 66.8 Å². The zero-order valence-electron chi connectivity index (χ0n) is 13.2. The van der Waals surface area contributed by atoms with Gasteiger partial charge in [-0.05, 0) is 17.9 Å². The van der Waals surface area contributed by atoms with E-state index in [1.165, 1.54) is 4.90 Å². The summed E-state index contributed by atoms with van der Waals surface area (Å²) >= 11 is 0. The molecule has 0 radical (unpaired) electrons. The molecule has 5 heteroatoms. The van der Waals surface area contributed by atoms with Gasteiger partial charge in [0.2, 0.25) is 5.91 Å². The molecule has 0 saturated carbocycles. The molecule has 0 unspecified atom stereocenters. The summed E-state index contributed by atoms with van der Waals surface area (Å²) in [5, 5.41) is 10.1. The molecule has 1 aromatic rings. The highest BCUT2D eigenvalue weighted by Gasteiger charge is 2.41. The molecule has 1 heterocycles. The number of hydrogen-bond donors (Lipinski definition) is 1. The normalized spacial score (nSPS) is 20.9. The Morgan fingerprint density at radius 1 is 1.32 bits per heavy atom. The van der Waals surface area contributed by atoms with Gasteiger partial charge in [-0.2, -0.15) is 0 Å². The fourth-order valence-corrected chi connectivity index (χ4v) is 2.71. The van der Waals surface area contributed by atoms with Crippen molar-refractivity contribution < 1.29 is 19.4 Å². The van der Waals surface area contributed by atoms with Gasteiger partial charge in [0.1, 0.15) is 6.61 Å². The summed E-state index contributed by atoms with van der Waals surface area (Å²) in [5.41, 5.74) is 1.04. The number of aliphatic hydroxyl groups is 1. The van der Waals surface area contributed by atoms with E-state index in [4.69, 9.17) is 4.74 Å². The van der Waals surface area contributed by atoms with Crippen molar-refractivity contribution in [2.24, 2.45) is 11.8 Å². The predicted octanol–water partition coefficient (Wildman–Crippen LogP) is 2.23. The smallest absolute Gasteiger partial charge is 0.416 e. The molecule has 0 spiro atoms. The lowest BCUT2D eigenvalue weighted by Crippen LogP contribution is -2.46. The zero-order valence-corrected chi connectivity index (χ0v) is 13.2. The van der Waals surface area contributed by atoms with Crippen LogP contribution in [0.4, 0.5) is 4.79 Å². The quantitative estimate of drug-likeness (QED) is 0.906. The highest BCUT2D eigenvalue weighted by molar-refractivity contribution is 5.95. The van der Waals surface area contributed by atoms with Gasteiger partial charge in [0, 0.05) is 0 Å². The molecule has 1 aliphatic rings. The summed E-state index contributed by atoms with van der Waals surface area (Å²) in [4.78, 5) is 25.7. The van der Waals surface area contributed by atoms with Crippen molar-refractivity contribution in [1.29, 1.82) is 0 Å². The Hall–Kier alpha value is -1.88. The molecule has 1 aromatic carbocycles. The maximum absolute atomic E-state index is 12.6. The van der Waals surface area contributed by atoms with Crippen molar-refractivity contribution in [2.45, 2.75) is 39.3 Å². The zero-order chi connectivity index (χ0) is 16.3. The van der Waals surface area contributed by atoms with Gasteiger partial charge in [0.25, 0.3) is 0 Å². The number of aliphatic hydroxyl groups excluding tert-OH is 1. The maximum Gasteiger partial charge on any atom is 0.416 e. The summed E-state index contributed by atoms with van der Waals surface area (Å²) in [5.74, 6) is -1.06. The highest BCUT2D eigenvalue weighted by Crippen LogP contribution is 2.23. The van der Waals surface area contributed by atoms with Crippen molar-refractivity contribution in [3.05, 3.63) is 35.9 Å². The number of imide groups is 1. The molecule has 1 saturated heterocycles. The molecule has 2 amide bonds. The van der Waals surface area contributed by atoms with Gasteiger partial charge in [-0.1, -0.05) is 51.1 Å². The standard InChI is InChI=1S/C17H23NO4/c1-11(2)15(19)12(3)16(20)18-14(10-22-17(18)21)9-13-7-5-4-6-8-13/h4-8,11-12,14-15,19H,9-10H2,1-3H3/t12-,14+,15+/m1/s1. The molecule has 2 rings (SSSR count). The highest BCUT2D eigenvalue weighted by atomic mass is 16.6. The minimum absolute atomic E-state index is 0.0508. The first-order valence-electron chi connectivity index (χ1n) is 7.63. The minimum Gasteiger partial charge on any atom is -0.447 e. The summed E-state index contributed by atoms with van der Waals surface area (Å²) < 4.78 is 5.05. The molecule has 120 valence electrons. The lowest BCUT2D eigenvalue weighted by Gasteiger charge is -2.27. The summed E-state index contributed by atoms with van der Waals surface area (Å²) in [6.45, 7) is 5.54. The van der Waals surface area contributed by atoms with Crippen LogP contribution in [0.15, 0.2) is 30.3 Å². The second kappa shape index (κ2) is 6.92. The van der Waals surface area contributed by atoms with Crippen LogP contribution in [0.5, 0.6) is 0 Å². The van der Waals surface area contributed by atoms with Crippen molar-refractivity contribution in [3.8, 4) is 0 Å². The molecular weight excluding hydrogens is 282 g/mol. The summed E-state index contributed by atoms with van der Waals surface area (Å²) in [7, 11) is 0. The van der Waals surface area contributed by atoms with Crippen LogP contribution in [0, 0.1) is 11.8 Å². The van der Waals surface area contributed by atoms with Crippen molar-refractivity contribution >= 4 is 12.0 Å². The molecule has 5 nitrogen and oxygen atoms in total. The largest absolute Gasteiger partial charge is 0.447 e. The SMILES string of the molecule is CC(C)[C@H](O)[C@@H](C)C(=O)N1C(=O)OC[C@@H]1Cc1ccccc1. The van der Waals surface area contributed by atoms with E-state index < -0.39 is 18.1 Å². The number of cyclic esters (lactones) is 1.